The van der Waals surface area contributed by atoms with Gasteiger partial charge in [-0.3, -0.25) is 0 Å². The highest BCUT2D eigenvalue weighted by Gasteiger charge is 2.40. The molecule has 0 amide bonds. The lowest BCUT2D eigenvalue weighted by atomic mass is 9.80. The summed E-state index contributed by atoms with van der Waals surface area (Å²) in [4.78, 5) is 0. The summed E-state index contributed by atoms with van der Waals surface area (Å²) in [6.07, 6.45) is 2.41. The highest BCUT2D eigenvalue weighted by Crippen LogP contribution is 2.55. The Morgan fingerprint density at radius 1 is 0.537 bits per heavy atom. The molecule has 2 aromatic heterocycles. The average Bonchev–Trinajstić information content (AvgIpc) is 3.86. The van der Waals surface area contributed by atoms with Gasteiger partial charge < -0.3 is 9.13 Å². The van der Waals surface area contributed by atoms with E-state index in [1.165, 1.54) is 60.7 Å². The van der Waals surface area contributed by atoms with E-state index in [2.05, 4.69) is 170 Å². The van der Waals surface area contributed by atoms with Gasteiger partial charge in [-0.1, -0.05) is 125 Å². The second-order valence-electron chi connectivity index (χ2n) is 16.3. The number of rotatable bonds is 2. The van der Waals surface area contributed by atoms with Gasteiger partial charge in [0, 0.05) is 44.3 Å². The molecular weight excluding hydrogens is 657 g/mol. The lowest BCUT2D eigenvalue weighted by Crippen LogP contribution is -2.18. The van der Waals surface area contributed by atoms with E-state index in [1.54, 1.807) is 0 Å². The van der Waals surface area contributed by atoms with E-state index in [0.29, 0.717) is 17.6 Å². The zero-order valence-corrected chi connectivity index (χ0v) is 30.7. The number of fused-ring (bicyclic) bond motifs is 14. The Morgan fingerprint density at radius 2 is 1.06 bits per heavy atom. The van der Waals surface area contributed by atoms with Crippen molar-refractivity contribution >= 4 is 49.3 Å². The number of hydrogen-bond donors (Lipinski definition) is 0. The summed E-state index contributed by atoms with van der Waals surface area (Å²) in [5, 5.41) is 26.8. The van der Waals surface area contributed by atoms with Gasteiger partial charge in [-0.05, 0) is 74.8 Å². The summed E-state index contributed by atoms with van der Waals surface area (Å²) in [5.74, 6) is 0. The molecule has 3 aliphatic carbocycles. The normalized spacial score (nSPS) is 17.7. The number of allylic oxidation sites excluding steroid dienone is 4. The van der Waals surface area contributed by atoms with Crippen molar-refractivity contribution in [3.63, 3.8) is 0 Å². The smallest absolute Gasteiger partial charge is 0.0970 e. The van der Waals surface area contributed by atoms with Crippen molar-refractivity contribution in [1.82, 2.24) is 9.13 Å². The van der Waals surface area contributed by atoms with Gasteiger partial charge in [0.1, 0.15) is 0 Å². The van der Waals surface area contributed by atoms with Crippen LogP contribution in [0.1, 0.15) is 62.4 Å². The fourth-order valence-corrected chi connectivity index (χ4v) is 10.7. The minimum Gasteiger partial charge on any atom is -0.332 e. The van der Waals surface area contributed by atoms with Crippen LogP contribution in [-0.4, -0.2) is 9.13 Å². The van der Waals surface area contributed by atoms with Gasteiger partial charge in [0.05, 0.1) is 51.6 Å². The van der Waals surface area contributed by atoms with E-state index in [1.807, 2.05) is 6.08 Å². The number of aromatic nitrogens is 2. The molecule has 54 heavy (non-hydrogen) atoms. The Labute approximate surface area is 314 Å². The third kappa shape index (κ3) is 3.70. The summed E-state index contributed by atoms with van der Waals surface area (Å²) in [6.45, 7) is 9.30. The maximum atomic E-state index is 11.0. The van der Waals surface area contributed by atoms with Crippen LogP contribution in [0, 0.1) is 22.7 Å². The molecule has 0 spiro atoms. The van der Waals surface area contributed by atoms with Crippen molar-refractivity contribution in [2.45, 2.75) is 51.0 Å². The minimum absolute atomic E-state index is 0.196. The maximum Gasteiger partial charge on any atom is 0.0970 e. The van der Waals surface area contributed by atoms with Crippen LogP contribution < -0.4 is 0 Å². The summed E-state index contributed by atoms with van der Waals surface area (Å²) >= 11 is 0. The summed E-state index contributed by atoms with van der Waals surface area (Å²) in [6, 6.07) is 48.5. The molecule has 0 saturated carbocycles. The van der Waals surface area contributed by atoms with E-state index in [0.717, 1.165) is 33.2 Å². The van der Waals surface area contributed by atoms with Gasteiger partial charge in [-0.25, -0.2) is 0 Å². The average molecular weight is 693 g/mol. The predicted molar refractivity (Wildman–Crippen MR) is 220 cm³/mol. The highest BCUT2D eigenvalue weighted by atomic mass is 15.0. The van der Waals surface area contributed by atoms with Gasteiger partial charge in [-0.15, -0.1) is 0 Å². The first-order valence-electron chi connectivity index (χ1n) is 18.8. The van der Waals surface area contributed by atoms with Crippen molar-refractivity contribution in [2.24, 2.45) is 0 Å². The number of nitriles is 2. The minimum atomic E-state index is -0.341. The Hall–Kier alpha value is -6.62. The third-order valence-electron chi connectivity index (χ3n) is 12.9. The van der Waals surface area contributed by atoms with Crippen LogP contribution >= 0.6 is 0 Å². The van der Waals surface area contributed by atoms with Crippen LogP contribution in [0.5, 0.6) is 0 Å². The Kier molecular flexibility index (Phi) is 6.02. The molecule has 0 N–H and O–H groups in total. The molecule has 256 valence electrons. The summed E-state index contributed by atoms with van der Waals surface area (Å²) in [7, 11) is 0. The van der Waals surface area contributed by atoms with Gasteiger partial charge in [-0.2, -0.15) is 10.5 Å². The molecule has 0 fully saturated rings. The van der Waals surface area contributed by atoms with E-state index in [9.17, 15) is 10.5 Å². The second-order valence-corrected chi connectivity index (χ2v) is 16.3. The molecule has 1 unspecified atom stereocenters. The molecule has 1 atom stereocenters. The van der Waals surface area contributed by atoms with Crippen molar-refractivity contribution in [3.8, 4) is 34.4 Å². The van der Waals surface area contributed by atoms with E-state index < -0.39 is 0 Å². The Morgan fingerprint density at radius 3 is 1.67 bits per heavy atom. The van der Waals surface area contributed by atoms with Crippen molar-refractivity contribution in [3.05, 3.63) is 161 Å². The highest BCUT2D eigenvalue weighted by molar-refractivity contribution is 6.16. The Bertz CT molecular complexity index is 3160. The third-order valence-corrected chi connectivity index (χ3v) is 12.9. The van der Waals surface area contributed by atoms with Gasteiger partial charge in [0.15, 0.2) is 0 Å². The zero-order chi connectivity index (χ0) is 36.7. The first-order chi connectivity index (χ1) is 26.3. The number of hydrogen-bond acceptors (Lipinski definition) is 2. The van der Waals surface area contributed by atoms with Crippen LogP contribution in [0.3, 0.4) is 0 Å². The number of benzene rings is 6. The number of nitrogens with zero attached hydrogens (tertiary/aromatic N) is 4. The largest absolute Gasteiger partial charge is 0.332 e. The lowest BCUT2D eigenvalue weighted by molar-refractivity contribution is 0.615. The molecule has 2 heterocycles. The van der Waals surface area contributed by atoms with Crippen molar-refractivity contribution in [2.75, 3.05) is 0 Å². The molecule has 8 aromatic rings. The van der Waals surface area contributed by atoms with E-state index in [-0.39, 0.29) is 16.9 Å². The van der Waals surface area contributed by atoms with Crippen molar-refractivity contribution < 1.29 is 0 Å². The molecule has 0 saturated heterocycles. The quantitative estimate of drug-likeness (QED) is 0.181. The standard InChI is InChI=1S/C50H36N4/c1-49(2)37-17-9-5-13-31(37)33-21-23-41-45(47(33)49)35-15-7-11-19-39(35)53(41)43-25-30(28-52)44(26-29(43)27-51)54-40-20-12-8-16-36(40)46-42(54)24-22-34-32-14-6-10-18-38(32)50(3,4)48(34)46/h5-25,44H,26H2,1-4H3. The predicted octanol–water partition coefficient (Wildman–Crippen LogP) is 12.3. The molecule has 6 aromatic carbocycles. The van der Waals surface area contributed by atoms with Gasteiger partial charge >= 0.3 is 0 Å². The fourth-order valence-electron chi connectivity index (χ4n) is 10.7. The van der Waals surface area contributed by atoms with Gasteiger partial charge in [0.2, 0.25) is 0 Å². The monoisotopic (exact) mass is 692 g/mol. The second kappa shape index (κ2) is 10.5. The number of para-hydroxylation sites is 2. The van der Waals surface area contributed by atoms with Crippen LogP contribution in [0.15, 0.2) is 139 Å². The summed E-state index contributed by atoms with van der Waals surface area (Å²) in [5.41, 5.74) is 16.4. The molecule has 4 heteroatoms. The first kappa shape index (κ1) is 31.0. The first-order valence-corrected chi connectivity index (χ1v) is 18.8. The van der Waals surface area contributed by atoms with E-state index >= 15 is 0 Å². The van der Waals surface area contributed by atoms with Crippen molar-refractivity contribution in [1.29, 1.82) is 10.5 Å². The van der Waals surface area contributed by atoms with Crippen LogP contribution in [0.2, 0.25) is 0 Å². The van der Waals surface area contributed by atoms with Crippen LogP contribution in [0.25, 0.3) is 71.6 Å². The molecule has 0 aliphatic heterocycles. The molecule has 11 rings (SSSR count). The molecule has 3 aliphatic rings. The molecule has 4 nitrogen and oxygen atoms in total. The zero-order valence-electron chi connectivity index (χ0n) is 30.7. The summed E-state index contributed by atoms with van der Waals surface area (Å²) < 4.78 is 4.58. The fraction of sp³-hybridized carbons (Fsp3) is 0.160. The van der Waals surface area contributed by atoms with Crippen LogP contribution in [-0.2, 0) is 10.8 Å². The Balaban J connectivity index is 1.15. The van der Waals surface area contributed by atoms with E-state index in [4.69, 9.17) is 0 Å². The topological polar surface area (TPSA) is 57.4 Å². The lowest BCUT2D eigenvalue weighted by Gasteiger charge is -2.27. The molecule has 0 bridgehead atoms. The molecular formula is C50H36N4. The van der Waals surface area contributed by atoms with Gasteiger partial charge in [0.25, 0.3) is 0 Å². The maximum absolute atomic E-state index is 11.0. The molecule has 0 radical (unpaired) electrons. The van der Waals surface area contributed by atoms with Crippen LogP contribution in [0.4, 0.5) is 0 Å². The SMILES string of the molecule is CC1(C)c2ccccc2-c2ccc3c(c21)c1ccccc1n3C1=C(C#N)CC(n2c3ccccc3c3c4c(ccc32)-c2ccccc2C4(C)C)C(C#N)=C1.